The standard InChI is InChI=1S/C74H116N14O15/c1-42(2)35-53-64(93)80-55(71(100)85(17)57(39-52-31-25-21-26-32-52)65(94)76-48(11)70(99)88-33-27-22-28-34-88)40-59(90)75-46(9)68(97)86(18)58(37-44(5)6)73(102)83(15)49(12)63(92)81-61(50(13)89)74(103)82(14)41-60(91)78-54(38-51-29-23-20-24-30-51)72(101)87(19)62(45(7)8)67(96)77-47(10)69(98)84(16)56(36-43(3)4)66(95)79-53/h20-21,23-26,29-32,42-50,53-58,61-62,89H,22,27-28,33-41H2,1-19H3,(H,75,90)(H,76,94)(H,77,96)(H,78,91)(H,79,95)(H,80,93)(H,81,92)/t46-,47+,48+,49+,50-,53+,54+,55+,56+,57+,58+,61+,62+/m1/s1. The van der Waals surface area contributed by atoms with Crippen LogP contribution in [-0.4, -0.2) is 263 Å². The van der Waals surface area contributed by atoms with Gasteiger partial charge in [-0.15, -0.1) is 0 Å². The van der Waals surface area contributed by atoms with Crippen molar-refractivity contribution in [1.29, 1.82) is 0 Å². The maximum Gasteiger partial charge on any atom is 0.248 e. The van der Waals surface area contributed by atoms with Crippen molar-refractivity contribution in [1.82, 2.24) is 71.5 Å². The van der Waals surface area contributed by atoms with Gasteiger partial charge >= 0.3 is 0 Å². The minimum atomic E-state index is -1.83. The number of carbonyl (C=O) groups is 14. The molecule has 4 rings (SSSR count). The monoisotopic (exact) mass is 1440 g/mol. The van der Waals surface area contributed by atoms with Gasteiger partial charge < -0.3 is 76.6 Å². The van der Waals surface area contributed by atoms with Gasteiger partial charge in [0.25, 0.3) is 0 Å². The summed E-state index contributed by atoms with van der Waals surface area (Å²) in [5.74, 6) is -12.5. The number of aliphatic hydroxyl groups excluding tert-OH is 1. The van der Waals surface area contributed by atoms with E-state index in [0.717, 1.165) is 48.7 Å². The van der Waals surface area contributed by atoms with Crippen LogP contribution in [0.3, 0.4) is 0 Å². The number of nitrogens with one attached hydrogen (secondary N) is 7. The van der Waals surface area contributed by atoms with Gasteiger partial charge in [0, 0.05) is 68.2 Å². The molecule has 0 aromatic heterocycles. The molecule has 2 aliphatic heterocycles. The van der Waals surface area contributed by atoms with E-state index >= 15 is 9.59 Å². The number of carbonyl (C=O) groups excluding carboxylic acids is 14. The van der Waals surface area contributed by atoms with Crippen LogP contribution in [0.4, 0.5) is 0 Å². The molecule has 13 atom stereocenters. The fraction of sp³-hybridized carbons (Fsp3) is 0.649. The molecule has 2 saturated heterocycles. The van der Waals surface area contributed by atoms with E-state index in [2.05, 4.69) is 37.2 Å². The maximum atomic E-state index is 15.4. The second-order valence-electron chi connectivity index (χ2n) is 29.4. The highest BCUT2D eigenvalue weighted by Gasteiger charge is 2.43. The smallest absolute Gasteiger partial charge is 0.248 e. The summed E-state index contributed by atoms with van der Waals surface area (Å²) in [5, 5.41) is 29.8. The topological polar surface area (TPSA) is 366 Å². The lowest BCUT2D eigenvalue weighted by atomic mass is 9.98. The van der Waals surface area contributed by atoms with Crippen molar-refractivity contribution in [3.05, 3.63) is 71.8 Å². The van der Waals surface area contributed by atoms with Gasteiger partial charge in [-0.1, -0.05) is 116 Å². The van der Waals surface area contributed by atoms with E-state index < -0.39 is 174 Å². The lowest BCUT2D eigenvalue weighted by molar-refractivity contribution is -0.149. The second-order valence-corrected chi connectivity index (χ2v) is 29.4. The summed E-state index contributed by atoms with van der Waals surface area (Å²) in [6, 6.07) is 0.748. The fourth-order valence-corrected chi connectivity index (χ4v) is 12.8. The number of piperidine rings is 1. The molecule has 2 aromatic carbocycles. The number of likely N-dealkylation sites (tertiary alicyclic amines) is 1. The Balaban J connectivity index is 1.89. The predicted octanol–water partition coefficient (Wildman–Crippen LogP) is 1.13. The fourth-order valence-electron chi connectivity index (χ4n) is 12.8. The van der Waals surface area contributed by atoms with E-state index in [1.807, 2.05) is 13.8 Å². The summed E-state index contributed by atoms with van der Waals surface area (Å²) in [4.78, 5) is 212. The molecule has 0 aliphatic carbocycles. The summed E-state index contributed by atoms with van der Waals surface area (Å²) < 4.78 is 0. The van der Waals surface area contributed by atoms with Crippen LogP contribution < -0.4 is 37.2 Å². The quantitative estimate of drug-likeness (QED) is 0.110. The Morgan fingerprint density at radius 2 is 1.06 bits per heavy atom. The molecule has 2 heterocycles. The van der Waals surface area contributed by atoms with E-state index in [0.29, 0.717) is 24.2 Å². The molecule has 103 heavy (non-hydrogen) atoms. The van der Waals surface area contributed by atoms with Crippen LogP contribution in [0, 0.1) is 23.7 Å². The van der Waals surface area contributed by atoms with Crippen molar-refractivity contribution in [2.45, 2.75) is 226 Å². The minimum absolute atomic E-state index is 0.0413. The van der Waals surface area contributed by atoms with E-state index in [1.165, 1.54) is 70.0 Å². The van der Waals surface area contributed by atoms with E-state index in [9.17, 15) is 62.6 Å². The van der Waals surface area contributed by atoms with Gasteiger partial charge in [0.05, 0.1) is 19.1 Å². The van der Waals surface area contributed by atoms with Gasteiger partial charge in [-0.2, -0.15) is 0 Å². The lowest BCUT2D eigenvalue weighted by Crippen LogP contribution is -2.62. The van der Waals surface area contributed by atoms with Crippen LogP contribution in [0.1, 0.15) is 146 Å². The predicted molar refractivity (Wildman–Crippen MR) is 387 cm³/mol. The number of amides is 14. The van der Waals surface area contributed by atoms with Crippen molar-refractivity contribution >= 4 is 82.7 Å². The minimum Gasteiger partial charge on any atom is -0.391 e. The third-order valence-electron chi connectivity index (χ3n) is 18.9. The first-order valence-corrected chi connectivity index (χ1v) is 35.9. The van der Waals surface area contributed by atoms with Crippen molar-refractivity contribution in [2.24, 2.45) is 23.7 Å². The molecule has 0 radical (unpaired) electrons. The molecule has 29 nitrogen and oxygen atoms in total. The third-order valence-corrected chi connectivity index (χ3v) is 18.9. The SMILES string of the molecule is CC(C)C[C@@H]1NC(=O)[C@H](CC(C)C)N(C)C(=O)[C@H](C)NC(=O)[C@H](C(C)C)N(C)C(=O)[C@H](Cc2ccccc2)NC(=O)CN(C)C(=O)[C@H]([C@@H](C)O)NC(=O)[C@H](C)N(C)C(=O)[C@H](CC(C)C)N(C)C(=O)[C@@H](C)NC(=O)C[C@@H](C(=O)N(C)[C@@H](Cc2ccccc2)C(=O)N[C@@H](C)C(=O)N2CCCCC2)NC1=O. The van der Waals surface area contributed by atoms with Crippen LogP contribution in [0.25, 0.3) is 0 Å². The summed E-state index contributed by atoms with van der Waals surface area (Å²) in [6.45, 7) is 21.3. The van der Waals surface area contributed by atoms with E-state index in [1.54, 1.807) is 114 Å². The van der Waals surface area contributed by atoms with Crippen LogP contribution in [-0.2, 0) is 80.0 Å². The van der Waals surface area contributed by atoms with Gasteiger partial charge in [-0.3, -0.25) is 67.1 Å². The number of nitrogens with zero attached hydrogens (tertiary/aromatic N) is 7. The summed E-state index contributed by atoms with van der Waals surface area (Å²) in [6.07, 6.45) is -0.0329. The van der Waals surface area contributed by atoms with E-state index in [-0.39, 0.29) is 55.8 Å². The van der Waals surface area contributed by atoms with Crippen molar-refractivity contribution in [3.8, 4) is 0 Å². The lowest BCUT2D eigenvalue weighted by Gasteiger charge is -2.36. The molecule has 0 spiro atoms. The summed E-state index contributed by atoms with van der Waals surface area (Å²) >= 11 is 0. The Hall–Kier alpha value is -9.02. The Kier molecular flexibility index (Phi) is 33.7. The maximum absolute atomic E-state index is 15.4. The van der Waals surface area contributed by atoms with Crippen LogP contribution in [0.5, 0.6) is 0 Å². The zero-order valence-electron chi connectivity index (χ0n) is 63.9. The zero-order valence-corrected chi connectivity index (χ0v) is 63.9. The average Bonchev–Trinajstić information content (AvgIpc) is 0.833. The van der Waals surface area contributed by atoms with Gasteiger partial charge in [0.1, 0.15) is 72.5 Å². The number of aliphatic hydroxyl groups is 1. The number of hydrogen-bond donors (Lipinski definition) is 8. The number of rotatable bonds is 17. The Morgan fingerprint density at radius 3 is 1.59 bits per heavy atom. The third kappa shape index (κ3) is 25.1. The van der Waals surface area contributed by atoms with Crippen LogP contribution in [0.2, 0.25) is 0 Å². The molecule has 14 amide bonds. The molecule has 29 heteroatoms. The number of benzene rings is 2. The highest BCUT2D eigenvalue weighted by atomic mass is 16.3. The average molecular weight is 1440 g/mol. The first-order valence-electron chi connectivity index (χ1n) is 35.9. The van der Waals surface area contributed by atoms with Crippen molar-refractivity contribution in [2.75, 3.05) is 61.9 Å². The molecule has 2 aliphatic rings. The molecule has 2 fully saturated rings. The molecule has 0 saturated carbocycles. The van der Waals surface area contributed by atoms with Crippen LogP contribution >= 0.6 is 0 Å². The molecule has 2 aromatic rings. The molecular formula is C74H116N14O15. The van der Waals surface area contributed by atoms with Gasteiger partial charge in [-0.25, -0.2) is 0 Å². The highest BCUT2D eigenvalue weighted by molar-refractivity contribution is 6.01. The number of hydrogen-bond acceptors (Lipinski definition) is 15. The van der Waals surface area contributed by atoms with Gasteiger partial charge in [0.2, 0.25) is 82.7 Å². The summed E-state index contributed by atoms with van der Waals surface area (Å²) in [7, 11) is 7.93. The normalized spacial score (nSPS) is 25.0. The number of likely N-dealkylation sites (N-methyl/N-ethyl adjacent to an activating group) is 6. The molecule has 0 unspecified atom stereocenters. The van der Waals surface area contributed by atoms with Crippen LogP contribution in [0.15, 0.2) is 60.7 Å². The first-order chi connectivity index (χ1) is 48.2. The zero-order chi connectivity index (χ0) is 77.6. The van der Waals surface area contributed by atoms with Crippen molar-refractivity contribution in [3.63, 3.8) is 0 Å². The van der Waals surface area contributed by atoms with Crippen molar-refractivity contribution < 1.29 is 72.2 Å². The molecule has 8 N–H and O–H groups in total. The Bertz CT molecular complexity index is 3270. The molecule has 0 bridgehead atoms. The van der Waals surface area contributed by atoms with Gasteiger partial charge in [0.15, 0.2) is 0 Å². The Morgan fingerprint density at radius 1 is 0.534 bits per heavy atom. The Labute approximate surface area is 607 Å². The van der Waals surface area contributed by atoms with Gasteiger partial charge in [-0.05, 0) is 108 Å². The first kappa shape index (κ1) is 86.4. The largest absolute Gasteiger partial charge is 0.391 e. The summed E-state index contributed by atoms with van der Waals surface area (Å²) in [5.41, 5.74) is 1.23. The highest BCUT2D eigenvalue weighted by Crippen LogP contribution is 2.21. The van der Waals surface area contributed by atoms with E-state index in [4.69, 9.17) is 0 Å². The molecule has 572 valence electrons. The molecular weight excluding hydrogens is 1320 g/mol. The second kappa shape index (κ2) is 40.1.